The van der Waals surface area contributed by atoms with Gasteiger partial charge in [-0.3, -0.25) is 4.55 Å². The molecule has 2 atom stereocenters. The standard InChI is InChI=1S/C10H11ClFNO4S/c1-17-8-4-5-6(11)2-3-7(12)9(5)10(8)13-18(14,15)16/h2-3,8,10,13H,4H2,1H3,(H,14,15,16)/t8-,10+/m1/s1. The third-order valence-electron chi connectivity index (χ3n) is 2.91. The Hall–Kier alpha value is -0.730. The number of hydrogen-bond donors (Lipinski definition) is 2. The molecule has 1 aliphatic carbocycles. The minimum Gasteiger partial charge on any atom is -0.379 e. The average molecular weight is 296 g/mol. The van der Waals surface area contributed by atoms with E-state index in [0.29, 0.717) is 10.6 Å². The summed E-state index contributed by atoms with van der Waals surface area (Å²) in [6, 6.07) is 1.56. The van der Waals surface area contributed by atoms with Crippen molar-refractivity contribution in [2.24, 2.45) is 0 Å². The molecule has 0 aliphatic heterocycles. The summed E-state index contributed by atoms with van der Waals surface area (Å²) in [5, 5.41) is 0.341. The van der Waals surface area contributed by atoms with Gasteiger partial charge in [0.1, 0.15) is 5.82 Å². The molecule has 0 aromatic heterocycles. The molecule has 8 heteroatoms. The van der Waals surface area contributed by atoms with Gasteiger partial charge in [0.05, 0.1) is 12.1 Å². The number of hydrogen-bond acceptors (Lipinski definition) is 3. The molecule has 0 saturated carbocycles. The van der Waals surface area contributed by atoms with Crippen molar-refractivity contribution in [3.8, 4) is 0 Å². The van der Waals surface area contributed by atoms with E-state index in [1.165, 1.54) is 13.2 Å². The number of nitrogens with one attached hydrogen (secondary N) is 1. The number of methoxy groups -OCH3 is 1. The van der Waals surface area contributed by atoms with Crippen molar-refractivity contribution in [1.82, 2.24) is 4.72 Å². The third-order valence-corrected chi connectivity index (χ3v) is 3.82. The minimum atomic E-state index is -4.46. The maximum Gasteiger partial charge on any atom is 0.334 e. The van der Waals surface area contributed by atoms with E-state index in [9.17, 15) is 12.8 Å². The summed E-state index contributed by atoms with van der Waals surface area (Å²) in [7, 11) is -3.09. The maximum absolute atomic E-state index is 13.8. The van der Waals surface area contributed by atoms with Gasteiger partial charge in [-0.1, -0.05) is 11.6 Å². The lowest BCUT2D eigenvalue weighted by molar-refractivity contribution is 0.0844. The fourth-order valence-corrected chi connectivity index (χ4v) is 3.01. The van der Waals surface area contributed by atoms with E-state index in [1.807, 2.05) is 4.72 Å². The SMILES string of the molecule is CO[C@@H]1Cc2c(Cl)ccc(F)c2[C@H]1NS(=O)(=O)O. The number of halogens is 2. The number of ether oxygens (including phenoxy) is 1. The number of rotatable bonds is 3. The lowest BCUT2D eigenvalue weighted by Crippen LogP contribution is -2.34. The van der Waals surface area contributed by atoms with Crippen molar-refractivity contribution in [3.63, 3.8) is 0 Å². The van der Waals surface area contributed by atoms with Crippen LogP contribution in [0.2, 0.25) is 5.02 Å². The van der Waals surface area contributed by atoms with Gasteiger partial charge in [-0.15, -0.1) is 0 Å². The highest BCUT2D eigenvalue weighted by Crippen LogP contribution is 2.39. The molecule has 0 saturated heterocycles. The monoisotopic (exact) mass is 295 g/mol. The van der Waals surface area contributed by atoms with Crippen LogP contribution in [-0.2, 0) is 21.5 Å². The summed E-state index contributed by atoms with van der Waals surface area (Å²) in [6.07, 6.45) is -0.341. The molecule has 0 spiro atoms. The summed E-state index contributed by atoms with van der Waals surface area (Å²) < 4.78 is 51.4. The van der Waals surface area contributed by atoms with Crippen molar-refractivity contribution in [2.45, 2.75) is 18.6 Å². The first-order valence-electron chi connectivity index (χ1n) is 5.08. The molecular weight excluding hydrogens is 285 g/mol. The summed E-state index contributed by atoms with van der Waals surface area (Å²) in [5.74, 6) is -0.588. The van der Waals surface area contributed by atoms with Crippen LogP contribution in [0.3, 0.4) is 0 Å². The van der Waals surface area contributed by atoms with Crippen LogP contribution in [0, 0.1) is 5.82 Å². The van der Waals surface area contributed by atoms with Crippen LogP contribution in [-0.4, -0.2) is 26.2 Å². The van der Waals surface area contributed by atoms with Crippen LogP contribution in [0.1, 0.15) is 17.2 Å². The topological polar surface area (TPSA) is 75.6 Å². The Bertz CT molecular complexity index is 577. The van der Waals surface area contributed by atoms with Crippen LogP contribution in [0.4, 0.5) is 4.39 Å². The Morgan fingerprint density at radius 3 is 2.78 bits per heavy atom. The molecule has 100 valence electrons. The van der Waals surface area contributed by atoms with Crippen LogP contribution in [0.25, 0.3) is 0 Å². The highest BCUT2D eigenvalue weighted by atomic mass is 35.5. The largest absolute Gasteiger partial charge is 0.379 e. The molecule has 5 nitrogen and oxygen atoms in total. The maximum atomic E-state index is 13.8. The summed E-state index contributed by atoms with van der Waals surface area (Å²) in [4.78, 5) is 0. The summed E-state index contributed by atoms with van der Waals surface area (Å²) in [6.45, 7) is 0. The molecule has 0 fully saturated rings. The first kappa shape index (κ1) is 13.7. The van der Waals surface area contributed by atoms with Gasteiger partial charge in [0.25, 0.3) is 0 Å². The fourth-order valence-electron chi connectivity index (χ4n) is 2.17. The van der Waals surface area contributed by atoms with Gasteiger partial charge in [-0.2, -0.15) is 13.1 Å². The van der Waals surface area contributed by atoms with Crippen molar-refractivity contribution >= 4 is 21.9 Å². The zero-order valence-electron chi connectivity index (χ0n) is 9.35. The highest BCUT2D eigenvalue weighted by Gasteiger charge is 2.38. The van der Waals surface area contributed by atoms with Crippen molar-refractivity contribution in [2.75, 3.05) is 7.11 Å². The second-order valence-electron chi connectivity index (χ2n) is 3.97. The lowest BCUT2D eigenvalue weighted by atomic mass is 10.1. The molecule has 0 heterocycles. The Kier molecular flexibility index (Phi) is 3.61. The van der Waals surface area contributed by atoms with E-state index >= 15 is 0 Å². The Morgan fingerprint density at radius 1 is 1.56 bits per heavy atom. The molecule has 1 aliphatic rings. The molecule has 2 rings (SSSR count). The summed E-state index contributed by atoms with van der Waals surface area (Å²) >= 11 is 5.94. The zero-order chi connectivity index (χ0) is 13.5. The predicted molar refractivity (Wildman–Crippen MR) is 63.3 cm³/mol. The van der Waals surface area contributed by atoms with Crippen molar-refractivity contribution in [3.05, 3.63) is 34.1 Å². The van der Waals surface area contributed by atoms with E-state index in [4.69, 9.17) is 20.9 Å². The molecule has 0 amide bonds. The minimum absolute atomic E-state index is 0.118. The molecule has 1 aromatic rings. The van der Waals surface area contributed by atoms with Crippen LogP contribution >= 0.6 is 11.6 Å². The first-order chi connectivity index (χ1) is 8.33. The number of fused-ring (bicyclic) bond motifs is 1. The van der Waals surface area contributed by atoms with E-state index in [0.717, 1.165) is 6.07 Å². The van der Waals surface area contributed by atoms with E-state index < -0.39 is 28.3 Å². The van der Waals surface area contributed by atoms with Crippen LogP contribution in [0.15, 0.2) is 12.1 Å². The molecule has 2 N–H and O–H groups in total. The lowest BCUT2D eigenvalue weighted by Gasteiger charge is -2.18. The Labute approximate surface area is 109 Å². The van der Waals surface area contributed by atoms with Gasteiger partial charge in [-0.25, -0.2) is 4.39 Å². The van der Waals surface area contributed by atoms with Gasteiger partial charge in [0.2, 0.25) is 0 Å². The molecule has 0 bridgehead atoms. The molecule has 0 radical (unpaired) electrons. The second-order valence-corrected chi connectivity index (χ2v) is 5.56. The third kappa shape index (κ3) is 2.50. The summed E-state index contributed by atoms with van der Waals surface area (Å²) in [5.41, 5.74) is 0.608. The fraction of sp³-hybridized carbons (Fsp3) is 0.400. The Morgan fingerprint density at radius 2 is 2.22 bits per heavy atom. The average Bonchev–Trinajstić information content (AvgIpc) is 2.61. The van der Waals surface area contributed by atoms with Crippen molar-refractivity contribution in [1.29, 1.82) is 0 Å². The van der Waals surface area contributed by atoms with Gasteiger partial charge in [-0.05, 0) is 17.7 Å². The quantitative estimate of drug-likeness (QED) is 0.828. The van der Waals surface area contributed by atoms with E-state index in [-0.39, 0.29) is 12.0 Å². The number of benzene rings is 1. The van der Waals surface area contributed by atoms with Gasteiger partial charge < -0.3 is 4.74 Å². The van der Waals surface area contributed by atoms with Crippen LogP contribution < -0.4 is 4.72 Å². The smallest absolute Gasteiger partial charge is 0.334 e. The zero-order valence-corrected chi connectivity index (χ0v) is 10.9. The Balaban J connectivity index is 2.50. The molecular formula is C10H11ClFNO4S. The molecule has 1 aromatic carbocycles. The highest BCUT2D eigenvalue weighted by molar-refractivity contribution is 7.83. The van der Waals surface area contributed by atoms with E-state index in [2.05, 4.69) is 0 Å². The van der Waals surface area contributed by atoms with Crippen molar-refractivity contribution < 1.29 is 22.1 Å². The van der Waals surface area contributed by atoms with Gasteiger partial charge >= 0.3 is 10.3 Å². The molecule has 0 unspecified atom stereocenters. The van der Waals surface area contributed by atoms with E-state index in [1.54, 1.807) is 0 Å². The van der Waals surface area contributed by atoms with Crippen LogP contribution in [0.5, 0.6) is 0 Å². The predicted octanol–water partition coefficient (Wildman–Crippen LogP) is 1.48. The molecule has 18 heavy (non-hydrogen) atoms. The first-order valence-corrected chi connectivity index (χ1v) is 6.89. The normalized spacial score (nSPS) is 23.1. The second kappa shape index (κ2) is 4.75. The van der Waals surface area contributed by atoms with Gasteiger partial charge in [0, 0.05) is 24.1 Å². The van der Waals surface area contributed by atoms with Gasteiger partial charge in [0.15, 0.2) is 0 Å².